The highest BCUT2D eigenvalue weighted by molar-refractivity contribution is 6.30. The summed E-state index contributed by atoms with van der Waals surface area (Å²) >= 11 is 5.86. The number of nitrogens with one attached hydrogen (secondary N) is 1. The maximum Gasteiger partial charge on any atom is 0.120 e. The Labute approximate surface area is 82.5 Å². The molecule has 0 aliphatic carbocycles. The van der Waals surface area contributed by atoms with Gasteiger partial charge in [0.1, 0.15) is 5.75 Å². The largest absolute Gasteiger partial charge is 0.508 e. The maximum absolute atomic E-state index is 9.60. The van der Waals surface area contributed by atoms with Gasteiger partial charge < -0.3 is 10.4 Å². The number of halogens is 1. The van der Waals surface area contributed by atoms with E-state index in [4.69, 9.17) is 11.6 Å². The van der Waals surface area contributed by atoms with Crippen molar-refractivity contribution in [3.05, 3.63) is 28.8 Å². The fourth-order valence-electron chi connectivity index (χ4n) is 1.75. The van der Waals surface area contributed by atoms with Crippen molar-refractivity contribution >= 4 is 11.6 Å². The highest BCUT2D eigenvalue weighted by Crippen LogP contribution is 2.31. The van der Waals surface area contributed by atoms with Crippen LogP contribution in [0.4, 0.5) is 0 Å². The third-order valence-corrected chi connectivity index (χ3v) is 2.66. The molecule has 2 rings (SSSR count). The van der Waals surface area contributed by atoms with Crippen LogP contribution >= 0.6 is 11.6 Å². The molecule has 1 unspecified atom stereocenters. The number of benzene rings is 1. The van der Waals surface area contributed by atoms with Crippen LogP contribution in [0.3, 0.4) is 0 Å². The summed E-state index contributed by atoms with van der Waals surface area (Å²) in [7, 11) is 0. The Bertz CT molecular complexity index is 308. The molecule has 3 heteroatoms. The molecule has 0 aromatic heterocycles. The standard InChI is InChI=1S/C10H12ClNO/c11-7-3-4-10(13)8(6-7)9-2-1-5-12-9/h3-4,6,9,12-13H,1-2,5H2. The van der Waals surface area contributed by atoms with Gasteiger partial charge in [-0.3, -0.25) is 0 Å². The molecule has 70 valence electrons. The lowest BCUT2D eigenvalue weighted by Gasteiger charge is -2.12. The van der Waals surface area contributed by atoms with Crippen LogP contribution in [0.1, 0.15) is 24.4 Å². The number of hydrogen-bond donors (Lipinski definition) is 2. The van der Waals surface area contributed by atoms with E-state index >= 15 is 0 Å². The molecule has 0 saturated carbocycles. The zero-order chi connectivity index (χ0) is 9.26. The summed E-state index contributed by atoms with van der Waals surface area (Å²) in [5, 5.41) is 13.6. The molecule has 1 aromatic carbocycles. The fraction of sp³-hybridized carbons (Fsp3) is 0.400. The van der Waals surface area contributed by atoms with Gasteiger partial charge in [0.05, 0.1) is 0 Å². The van der Waals surface area contributed by atoms with Crippen LogP contribution in [0.15, 0.2) is 18.2 Å². The van der Waals surface area contributed by atoms with E-state index < -0.39 is 0 Å². The second kappa shape index (κ2) is 3.56. The van der Waals surface area contributed by atoms with Gasteiger partial charge in [-0.15, -0.1) is 0 Å². The van der Waals surface area contributed by atoms with Crippen molar-refractivity contribution in [2.75, 3.05) is 6.54 Å². The molecule has 1 aromatic rings. The summed E-state index contributed by atoms with van der Waals surface area (Å²) in [6.07, 6.45) is 2.24. The first-order valence-electron chi connectivity index (χ1n) is 4.49. The number of rotatable bonds is 1. The molecule has 2 N–H and O–H groups in total. The highest BCUT2D eigenvalue weighted by Gasteiger charge is 2.19. The van der Waals surface area contributed by atoms with Crippen molar-refractivity contribution in [1.82, 2.24) is 5.32 Å². The van der Waals surface area contributed by atoms with Crippen LogP contribution in [0.2, 0.25) is 5.02 Å². The number of hydrogen-bond acceptors (Lipinski definition) is 2. The SMILES string of the molecule is Oc1ccc(Cl)cc1C1CCCN1. The van der Waals surface area contributed by atoms with Crippen molar-refractivity contribution in [1.29, 1.82) is 0 Å². The lowest BCUT2D eigenvalue weighted by molar-refractivity contribution is 0.457. The predicted molar refractivity (Wildman–Crippen MR) is 53.1 cm³/mol. The first kappa shape index (κ1) is 8.85. The number of aromatic hydroxyl groups is 1. The molecule has 1 aliphatic heterocycles. The first-order chi connectivity index (χ1) is 6.27. The van der Waals surface area contributed by atoms with E-state index in [0.29, 0.717) is 10.8 Å². The van der Waals surface area contributed by atoms with Crippen LogP contribution < -0.4 is 5.32 Å². The second-order valence-corrected chi connectivity index (χ2v) is 3.79. The van der Waals surface area contributed by atoms with Crippen molar-refractivity contribution in [3.8, 4) is 5.75 Å². The van der Waals surface area contributed by atoms with Crippen LogP contribution in [0, 0.1) is 0 Å². The molecule has 1 fully saturated rings. The van der Waals surface area contributed by atoms with E-state index in [2.05, 4.69) is 5.32 Å². The Hall–Kier alpha value is -0.730. The molecule has 0 amide bonds. The van der Waals surface area contributed by atoms with Gasteiger partial charge >= 0.3 is 0 Å². The average Bonchev–Trinajstić information content (AvgIpc) is 2.61. The van der Waals surface area contributed by atoms with Gasteiger partial charge in [0, 0.05) is 16.6 Å². The molecule has 2 nitrogen and oxygen atoms in total. The zero-order valence-electron chi connectivity index (χ0n) is 7.26. The summed E-state index contributed by atoms with van der Waals surface area (Å²) in [5.74, 6) is 0.337. The Morgan fingerprint density at radius 3 is 3.00 bits per heavy atom. The minimum atomic E-state index is 0.277. The Morgan fingerprint density at radius 2 is 2.31 bits per heavy atom. The van der Waals surface area contributed by atoms with Gasteiger partial charge in [0.15, 0.2) is 0 Å². The Kier molecular flexibility index (Phi) is 2.42. The van der Waals surface area contributed by atoms with Crippen molar-refractivity contribution < 1.29 is 5.11 Å². The molecule has 1 atom stereocenters. The van der Waals surface area contributed by atoms with E-state index in [0.717, 1.165) is 24.9 Å². The monoisotopic (exact) mass is 197 g/mol. The second-order valence-electron chi connectivity index (χ2n) is 3.35. The van der Waals surface area contributed by atoms with Crippen molar-refractivity contribution in [2.45, 2.75) is 18.9 Å². The first-order valence-corrected chi connectivity index (χ1v) is 4.87. The van der Waals surface area contributed by atoms with E-state index in [9.17, 15) is 5.11 Å². The number of phenols is 1. The van der Waals surface area contributed by atoms with Gasteiger partial charge in [0.25, 0.3) is 0 Å². The molecule has 1 saturated heterocycles. The van der Waals surface area contributed by atoms with Crippen LogP contribution in [0.25, 0.3) is 0 Å². The quantitative estimate of drug-likeness (QED) is 0.725. The minimum absolute atomic E-state index is 0.277. The minimum Gasteiger partial charge on any atom is -0.508 e. The van der Waals surface area contributed by atoms with Gasteiger partial charge in [-0.2, -0.15) is 0 Å². The third-order valence-electron chi connectivity index (χ3n) is 2.43. The van der Waals surface area contributed by atoms with E-state index in [1.165, 1.54) is 0 Å². The summed E-state index contributed by atoms with van der Waals surface area (Å²) in [6.45, 7) is 1.02. The number of phenolic OH excluding ortho intramolecular Hbond substituents is 1. The predicted octanol–water partition coefficient (Wildman–Crippen LogP) is 2.47. The highest BCUT2D eigenvalue weighted by atomic mass is 35.5. The van der Waals surface area contributed by atoms with E-state index in [1.54, 1.807) is 12.1 Å². The fourth-order valence-corrected chi connectivity index (χ4v) is 1.94. The van der Waals surface area contributed by atoms with Crippen LogP contribution in [-0.2, 0) is 0 Å². The van der Waals surface area contributed by atoms with Crippen LogP contribution in [-0.4, -0.2) is 11.7 Å². The molecule has 0 spiro atoms. The topological polar surface area (TPSA) is 32.3 Å². The molecular weight excluding hydrogens is 186 g/mol. The van der Waals surface area contributed by atoms with E-state index in [-0.39, 0.29) is 6.04 Å². The third kappa shape index (κ3) is 1.79. The van der Waals surface area contributed by atoms with Gasteiger partial charge in [0.2, 0.25) is 0 Å². The molecule has 1 heterocycles. The Balaban J connectivity index is 2.32. The molecule has 13 heavy (non-hydrogen) atoms. The molecule has 1 aliphatic rings. The summed E-state index contributed by atoms with van der Waals surface area (Å²) in [6, 6.07) is 5.46. The van der Waals surface area contributed by atoms with Gasteiger partial charge in [-0.25, -0.2) is 0 Å². The molecular formula is C10H12ClNO. The summed E-state index contributed by atoms with van der Waals surface area (Å²) in [5.41, 5.74) is 0.921. The molecule has 0 radical (unpaired) electrons. The lowest BCUT2D eigenvalue weighted by atomic mass is 10.0. The smallest absolute Gasteiger partial charge is 0.120 e. The summed E-state index contributed by atoms with van der Waals surface area (Å²) < 4.78 is 0. The average molecular weight is 198 g/mol. The van der Waals surface area contributed by atoms with Crippen molar-refractivity contribution in [3.63, 3.8) is 0 Å². The summed E-state index contributed by atoms with van der Waals surface area (Å²) in [4.78, 5) is 0. The molecule has 0 bridgehead atoms. The van der Waals surface area contributed by atoms with Gasteiger partial charge in [-0.05, 0) is 37.6 Å². The maximum atomic E-state index is 9.60. The van der Waals surface area contributed by atoms with Gasteiger partial charge in [-0.1, -0.05) is 11.6 Å². The Morgan fingerprint density at radius 1 is 1.46 bits per heavy atom. The van der Waals surface area contributed by atoms with Crippen molar-refractivity contribution in [2.24, 2.45) is 0 Å². The van der Waals surface area contributed by atoms with E-state index in [1.807, 2.05) is 6.07 Å². The normalized spacial score (nSPS) is 22.1. The van der Waals surface area contributed by atoms with Crippen LogP contribution in [0.5, 0.6) is 5.75 Å². The zero-order valence-corrected chi connectivity index (χ0v) is 8.01. The lowest BCUT2D eigenvalue weighted by Crippen LogP contribution is -2.12.